The lowest BCUT2D eigenvalue weighted by Gasteiger charge is -2.39. The molecule has 0 saturated carbocycles. The van der Waals surface area contributed by atoms with E-state index in [4.69, 9.17) is 62.3 Å². The highest BCUT2D eigenvalue weighted by molar-refractivity contribution is 7.95. The topological polar surface area (TPSA) is 311 Å². The van der Waals surface area contributed by atoms with Crippen LogP contribution in [0.25, 0.3) is 0 Å². The number of epoxide rings is 1. The first-order valence-electron chi connectivity index (χ1n) is 32.6. The van der Waals surface area contributed by atoms with Crippen LogP contribution in [0.5, 0.6) is 0 Å². The summed E-state index contributed by atoms with van der Waals surface area (Å²) in [6.45, 7) is 64.7. The van der Waals surface area contributed by atoms with Crippen LogP contribution in [-0.2, 0) is 70.4 Å². The number of carbonyl (C=O) groups is 5. The second-order valence-corrected chi connectivity index (χ2v) is 42.9. The van der Waals surface area contributed by atoms with Crippen LogP contribution < -0.4 is 22.3 Å². The van der Waals surface area contributed by atoms with Crippen LogP contribution in [0.2, 0.25) is 54.4 Å². The summed E-state index contributed by atoms with van der Waals surface area (Å²) in [5, 5.41) is 31.1. The molecule has 1 saturated heterocycles. The van der Waals surface area contributed by atoms with E-state index in [0.29, 0.717) is 51.0 Å². The van der Waals surface area contributed by atoms with Crippen molar-refractivity contribution in [3.8, 4) is 0 Å². The second-order valence-electron chi connectivity index (χ2n) is 27.3. The second kappa shape index (κ2) is 69.9. The van der Waals surface area contributed by atoms with Gasteiger partial charge in [-0.25, -0.2) is 19.5 Å². The van der Waals surface area contributed by atoms with E-state index in [0.717, 1.165) is 14.7 Å². The van der Waals surface area contributed by atoms with E-state index in [2.05, 4.69) is 164 Å². The molecule has 0 spiro atoms. The molecule has 95 heavy (non-hydrogen) atoms. The summed E-state index contributed by atoms with van der Waals surface area (Å²) in [7, 11) is -1.95. The molecule has 5 N–H and O–H groups in total. The van der Waals surface area contributed by atoms with Crippen LogP contribution in [0.3, 0.4) is 0 Å². The van der Waals surface area contributed by atoms with Crippen LogP contribution >= 0.6 is 17.0 Å². The first-order chi connectivity index (χ1) is 42.2. The molecule has 1 aliphatic rings. The molecule has 23 nitrogen and oxygen atoms in total. The normalized spacial score (nSPS) is 12.5. The SMILES string of the molecule is C.CC(=O)OC(C)=O.CC(C)(C)[Si](C)(C)OCCO.CC(C)COC(=O)OCCO.CC(C)COC(=O)OCCO[Si](C)(C)C(C)(C)C.CC(O)COC(=O)OCCO[Si](C)(C)C(C)(C)C.CC1CO1.CCCC[N+](CCCC)(CCCC)CCCC.O=C=O.[Cl-].[F-].[NH2+]=PP. The molecule has 1 heterocycles. The van der Waals surface area contributed by atoms with Crippen molar-refractivity contribution < 1.29 is 127 Å². The number of nitrogens with two attached hydrogens (primary N) is 1. The zero-order valence-corrected chi connectivity index (χ0v) is 69.6. The Bertz CT molecular complexity index is 1740. The maximum Gasteiger partial charge on any atom is 0.508 e. The number of esters is 2. The monoisotopic (exact) mass is 1490 g/mol. The molecule has 0 bridgehead atoms. The van der Waals surface area contributed by atoms with Gasteiger partial charge in [-0.05, 0) is 115 Å². The van der Waals surface area contributed by atoms with Crippen molar-refractivity contribution in [2.24, 2.45) is 11.8 Å². The Labute approximate surface area is 590 Å². The molecule has 0 aromatic rings. The molecule has 576 valence electrons. The van der Waals surface area contributed by atoms with Gasteiger partial charge in [0.25, 0.3) is 0 Å². The highest BCUT2D eigenvalue weighted by Gasteiger charge is 2.39. The van der Waals surface area contributed by atoms with Crippen molar-refractivity contribution in [2.45, 2.75) is 271 Å². The number of aliphatic hydroxyl groups is 3. The molecule has 3 atom stereocenters. The Kier molecular flexibility index (Phi) is 85.7. The quantitative estimate of drug-likeness (QED) is 0.00740. The average molecular weight is 1490 g/mol. The summed E-state index contributed by atoms with van der Waals surface area (Å²) in [6.07, 6.45) is 9.12. The summed E-state index contributed by atoms with van der Waals surface area (Å²) < 4.78 is 55.8. The molecule has 3 unspecified atom stereocenters. The number of carbonyl (C=O) groups excluding carboxylic acids is 7. The van der Waals surface area contributed by atoms with Crippen molar-refractivity contribution in [1.29, 1.82) is 0 Å². The lowest BCUT2D eigenvalue weighted by Crippen LogP contribution is -3.00. The number of ether oxygens (including phenoxy) is 8. The van der Waals surface area contributed by atoms with Gasteiger partial charge in [-0.15, -0.1) is 0 Å². The summed E-state index contributed by atoms with van der Waals surface area (Å²) in [4.78, 5) is 68.7. The number of hydrogen-bond acceptors (Lipinski definition) is 21. The fourth-order valence-corrected chi connectivity index (χ4v) is 8.74. The summed E-state index contributed by atoms with van der Waals surface area (Å²) in [5.41, 5.74) is 0. The third-order valence-corrected chi connectivity index (χ3v) is 27.7. The van der Waals surface area contributed by atoms with Gasteiger partial charge >= 0.3 is 36.6 Å². The zero-order chi connectivity index (χ0) is 73.9. The summed E-state index contributed by atoms with van der Waals surface area (Å²) in [5.74, 6) is -0.502. The Balaban J connectivity index is -0.0000000971. The molecule has 1 fully saturated rings. The van der Waals surface area contributed by atoms with Gasteiger partial charge in [0, 0.05) is 13.8 Å². The average Bonchev–Trinajstić information content (AvgIpc) is 1.55. The first-order valence-corrected chi connectivity index (χ1v) is 44.0. The Morgan fingerprint density at radius 1 is 0.558 bits per heavy atom. The van der Waals surface area contributed by atoms with E-state index >= 15 is 0 Å². The van der Waals surface area contributed by atoms with Crippen LogP contribution in [0.1, 0.15) is 204 Å². The van der Waals surface area contributed by atoms with Crippen LogP contribution in [0, 0.1) is 11.8 Å². The smallest absolute Gasteiger partial charge is 0.508 e. The van der Waals surface area contributed by atoms with E-state index < -0.39 is 61.5 Å². The largest absolute Gasteiger partial charge is 1.00 e. The van der Waals surface area contributed by atoms with Gasteiger partial charge in [-0.2, -0.15) is 9.59 Å². The minimum atomic E-state index is -1.79. The van der Waals surface area contributed by atoms with Crippen molar-refractivity contribution >= 4 is 78.5 Å². The fraction of sp³-hybridized carbons (Fsp3) is 0.908. The van der Waals surface area contributed by atoms with Gasteiger partial charge in [0.1, 0.15) is 26.4 Å². The van der Waals surface area contributed by atoms with Crippen molar-refractivity contribution in [3.05, 3.63) is 0 Å². The maximum absolute atomic E-state index is 11.2. The number of rotatable bonds is 31. The third kappa shape index (κ3) is 87.5. The molecule has 0 aromatic heterocycles. The van der Waals surface area contributed by atoms with Gasteiger partial charge in [-0.3, -0.25) is 9.59 Å². The predicted octanol–water partition coefficient (Wildman–Crippen LogP) is 8.38. The van der Waals surface area contributed by atoms with E-state index in [1.807, 2.05) is 27.7 Å². The Morgan fingerprint density at radius 2 is 0.789 bits per heavy atom. The molecule has 30 heteroatoms. The molecule has 0 aliphatic carbocycles. The van der Waals surface area contributed by atoms with Crippen LogP contribution in [0.15, 0.2) is 0 Å². The first kappa shape index (κ1) is 117. The van der Waals surface area contributed by atoms with Gasteiger partial charge in [-0.1, -0.05) is 151 Å². The molecular formula is C65H144ClFN2O21P2Si3. The number of aliphatic hydroxyl groups excluding tert-OH is 3. The standard InChI is InChI=1S/C16H36N.C13H28O4Si.C12H26O5Si.C8H20O2Si.C7H14O4.C4H6O3.C3H6O.CO2.CH4.ClH.FH.H3NP2/c1-5-9-13-17(14-10-6-2,15-11-7-3)16-12-8-4;1-11(2)10-16-12(14)15-8-9-17-18(6,7)13(3,4)5;1-10(13)9-16-11(14)15-7-8-17-18(5,6)12(2,3)4;1-8(2,3)11(4,5)10-7-6-9;1-6(2)5-11-7(9)10-4-3-8;1-3(5)7-4(2)6;1-3-2-4-3;2-1-3;;;;1-3-2/h5-16H2,1-4H3;11H,8-10H2,1-7H3;10,13H,7-9H2,1-6H3;9H,6-7H2,1-5H3;6,8H,3-5H2,1-2H3;1-2H3;3H,2H2,1H3;;1H4;2*1H;1H,2H2/q+1;;;;;;;;;;;/p-1. The number of quaternary nitrogens is 1. The minimum absolute atomic E-state index is 0. The predicted molar refractivity (Wildman–Crippen MR) is 384 cm³/mol. The van der Waals surface area contributed by atoms with E-state index in [1.165, 1.54) is 103 Å². The summed E-state index contributed by atoms with van der Waals surface area (Å²) >= 11 is 0. The van der Waals surface area contributed by atoms with Crippen LogP contribution in [0.4, 0.5) is 14.4 Å². The molecule has 1 aliphatic heterocycles. The van der Waals surface area contributed by atoms with Gasteiger partial charge < -0.3 is 88.1 Å². The van der Waals surface area contributed by atoms with E-state index in [-0.39, 0.29) is 85.4 Å². The lowest BCUT2D eigenvalue weighted by atomic mass is 10.1. The van der Waals surface area contributed by atoms with Crippen molar-refractivity contribution in [2.75, 3.05) is 105 Å². The molecule has 0 radical (unpaired) electrons. The molecule has 0 amide bonds. The number of unbranched alkanes of at least 4 members (excludes halogenated alkanes) is 4. The highest BCUT2D eigenvalue weighted by Crippen LogP contribution is 2.38. The third-order valence-electron chi connectivity index (χ3n) is 14.1. The van der Waals surface area contributed by atoms with E-state index in [1.54, 1.807) is 0 Å². The summed E-state index contributed by atoms with van der Waals surface area (Å²) in [6, 6.07) is 0. The lowest BCUT2D eigenvalue weighted by molar-refractivity contribution is -0.929. The fourth-order valence-electron chi connectivity index (χ4n) is 5.65. The molecule has 1 rings (SSSR count). The van der Waals surface area contributed by atoms with Gasteiger partial charge in [0.05, 0.1) is 91.2 Å². The van der Waals surface area contributed by atoms with Crippen molar-refractivity contribution in [3.63, 3.8) is 0 Å². The molecular weight excluding hydrogens is 1350 g/mol. The Morgan fingerprint density at radius 3 is 0.968 bits per heavy atom. The zero-order valence-electron chi connectivity index (χ0n) is 63.8. The Hall–Kier alpha value is -2.59. The minimum Gasteiger partial charge on any atom is -1.00 e. The van der Waals surface area contributed by atoms with E-state index in [9.17, 15) is 24.0 Å². The maximum atomic E-state index is 11.2. The highest BCUT2D eigenvalue weighted by atomic mass is 35.5. The van der Waals surface area contributed by atoms with Crippen molar-refractivity contribution in [1.82, 2.24) is 0 Å². The number of hydrogen-bond donors (Lipinski definition) is 4. The van der Waals surface area contributed by atoms with Gasteiger partial charge in [0.2, 0.25) is 8.06 Å². The number of nitrogens with zero attached hydrogens (tertiary/aromatic N) is 1. The number of halogens is 2. The van der Waals surface area contributed by atoms with Gasteiger partial charge in [0.15, 0.2) is 25.0 Å². The van der Waals surface area contributed by atoms with Crippen LogP contribution in [-0.4, -0.2) is 199 Å². The molecule has 0 aromatic carbocycles.